The van der Waals surface area contributed by atoms with E-state index < -0.39 is 17.1 Å². The average molecular weight is 475 g/mol. The lowest BCUT2D eigenvalue weighted by Gasteiger charge is -2.33. The van der Waals surface area contributed by atoms with Gasteiger partial charge in [-0.2, -0.15) is 0 Å². The molecule has 1 amide bonds. The zero-order chi connectivity index (χ0) is 24.5. The van der Waals surface area contributed by atoms with Gasteiger partial charge in [0.05, 0.1) is 12.2 Å². The van der Waals surface area contributed by atoms with Crippen LogP contribution in [-0.2, 0) is 4.79 Å². The summed E-state index contributed by atoms with van der Waals surface area (Å²) in [6, 6.07) is 14.9. The zero-order valence-electron chi connectivity index (χ0n) is 19.3. The second-order valence-corrected chi connectivity index (χ2v) is 8.83. The molecule has 1 aliphatic heterocycles. The number of aromatic hydroxyl groups is 2. The number of benzene rings is 2. The van der Waals surface area contributed by atoms with Gasteiger partial charge in [0.1, 0.15) is 34.0 Å². The summed E-state index contributed by atoms with van der Waals surface area (Å²) in [6.07, 6.45) is 1.50. The quantitative estimate of drug-likeness (QED) is 0.453. The number of likely N-dealkylation sites (N-methyl/N-ethyl adjacent to an activating group) is 1. The van der Waals surface area contributed by atoms with Crippen LogP contribution in [0.1, 0.15) is 23.7 Å². The Kier molecular flexibility index (Phi) is 6.05. The Bertz CT molecular complexity index is 1400. The summed E-state index contributed by atoms with van der Waals surface area (Å²) >= 11 is 0. The standard InChI is InChI=1S/C27H26N2O6/c1-28-9-11-29(12-10-28)24(33)14-18(22-8-5-13-34-22)25-19(30)15-20(31)26-21(32)16-23(35-27(25)26)17-6-3-2-4-7-17/h2-8,13,15-16,18,30-31H,9-12,14H2,1H3. The molecule has 4 aromatic rings. The van der Waals surface area contributed by atoms with Crippen molar-refractivity contribution in [2.45, 2.75) is 12.3 Å². The minimum Gasteiger partial charge on any atom is -0.507 e. The maximum Gasteiger partial charge on any atom is 0.223 e. The Labute approximate surface area is 201 Å². The molecule has 0 aliphatic carbocycles. The molecule has 8 heteroatoms. The number of carbonyl (C=O) groups is 1. The van der Waals surface area contributed by atoms with Crippen LogP contribution in [0.15, 0.2) is 74.5 Å². The number of nitrogens with zero attached hydrogens (tertiary/aromatic N) is 2. The molecule has 1 unspecified atom stereocenters. The van der Waals surface area contributed by atoms with Crippen LogP contribution >= 0.6 is 0 Å². The molecule has 1 fully saturated rings. The molecular formula is C27H26N2O6. The zero-order valence-corrected chi connectivity index (χ0v) is 19.3. The number of hydrogen-bond acceptors (Lipinski definition) is 7. The fraction of sp³-hybridized carbons (Fsp3) is 0.259. The predicted octanol–water partition coefficient (Wildman–Crippen LogP) is 3.76. The van der Waals surface area contributed by atoms with Gasteiger partial charge in [-0.3, -0.25) is 9.59 Å². The van der Waals surface area contributed by atoms with Crippen molar-refractivity contribution in [3.63, 3.8) is 0 Å². The molecule has 0 bridgehead atoms. The summed E-state index contributed by atoms with van der Waals surface area (Å²) in [5.74, 6) is -0.759. The SMILES string of the molecule is CN1CCN(C(=O)CC(c2ccco2)c2c(O)cc(O)c3c(=O)cc(-c4ccccc4)oc23)CC1. The first-order valence-corrected chi connectivity index (χ1v) is 11.5. The van der Waals surface area contributed by atoms with Crippen LogP contribution in [0.4, 0.5) is 0 Å². The number of phenolic OH excluding ortho intramolecular Hbond substituents is 2. The van der Waals surface area contributed by atoms with E-state index in [0.29, 0.717) is 24.4 Å². The fourth-order valence-electron chi connectivity index (χ4n) is 4.60. The van der Waals surface area contributed by atoms with Gasteiger partial charge in [0.25, 0.3) is 0 Å². The van der Waals surface area contributed by atoms with Crippen molar-refractivity contribution in [2.75, 3.05) is 33.2 Å². The number of piperazine rings is 1. The summed E-state index contributed by atoms with van der Waals surface area (Å²) in [5.41, 5.74) is 0.474. The van der Waals surface area contributed by atoms with Crippen LogP contribution in [0.5, 0.6) is 11.5 Å². The third-order valence-corrected chi connectivity index (χ3v) is 6.53. The van der Waals surface area contributed by atoms with Gasteiger partial charge in [-0.25, -0.2) is 0 Å². The summed E-state index contributed by atoms with van der Waals surface area (Å²) in [6.45, 7) is 2.77. The van der Waals surface area contributed by atoms with Gasteiger partial charge in [0.15, 0.2) is 5.43 Å². The van der Waals surface area contributed by atoms with Gasteiger partial charge < -0.3 is 28.8 Å². The van der Waals surface area contributed by atoms with E-state index >= 15 is 0 Å². The van der Waals surface area contributed by atoms with Crippen molar-refractivity contribution in [1.82, 2.24) is 9.80 Å². The second-order valence-electron chi connectivity index (χ2n) is 8.83. The van der Waals surface area contributed by atoms with Crippen molar-refractivity contribution in [2.24, 2.45) is 0 Å². The number of hydrogen-bond donors (Lipinski definition) is 2. The largest absolute Gasteiger partial charge is 0.507 e. The predicted molar refractivity (Wildman–Crippen MR) is 130 cm³/mol. The van der Waals surface area contributed by atoms with Crippen molar-refractivity contribution >= 4 is 16.9 Å². The number of rotatable bonds is 5. The monoisotopic (exact) mass is 474 g/mol. The first-order valence-electron chi connectivity index (χ1n) is 11.5. The Hall–Kier alpha value is -4.04. The minimum absolute atomic E-state index is 0.00391. The molecule has 3 heterocycles. The van der Waals surface area contributed by atoms with E-state index in [1.165, 1.54) is 12.3 Å². The first kappa shape index (κ1) is 22.7. The molecule has 1 atom stereocenters. The summed E-state index contributed by atoms with van der Waals surface area (Å²) in [5, 5.41) is 21.4. The molecule has 35 heavy (non-hydrogen) atoms. The molecule has 8 nitrogen and oxygen atoms in total. The number of phenols is 2. The Morgan fingerprint density at radius 2 is 1.74 bits per heavy atom. The summed E-state index contributed by atoms with van der Waals surface area (Å²) in [4.78, 5) is 30.3. The van der Waals surface area contributed by atoms with E-state index in [1.54, 1.807) is 29.2 Å². The number of carbonyl (C=O) groups excluding carboxylic acids is 1. The van der Waals surface area contributed by atoms with Crippen molar-refractivity contribution in [3.8, 4) is 22.8 Å². The smallest absolute Gasteiger partial charge is 0.223 e. The number of fused-ring (bicyclic) bond motifs is 1. The van der Waals surface area contributed by atoms with Gasteiger partial charge >= 0.3 is 0 Å². The highest BCUT2D eigenvalue weighted by Crippen LogP contribution is 2.43. The van der Waals surface area contributed by atoms with Crippen LogP contribution in [0, 0.1) is 0 Å². The van der Waals surface area contributed by atoms with E-state index in [2.05, 4.69) is 4.90 Å². The van der Waals surface area contributed by atoms with Crippen LogP contribution in [0.3, 0.4) is 0 Å². The molecule has 0 radical (unpaired) electrons. The Morgan fingerprint density at radius 3 is 2.43 bits per heavy atom. The molecule has 0 saturated carbocycles. The topological polar surface area (TPSA) is 107 Å². The van der Waals surface area contributed by atoms with Crippen molar-refractivity contribution in [1.29, 1.82) is 0 Å². The van der Waals surface area contributed by atoms with E-state index in [1.807, 2.05) is 25.2 Å². The van der Waals surface area contributed by atoms with Crippen LogP contribution in [0.25, 0.3) is 22.3 Å². The molecule has 2 N–H and O–H groups in total. The molecule has 2 aromatic heterocycles. The second kappa shape index (κ2) is 9.31. The van der Waals surface area contributed by atoms with E-state index in [0.717, 1.165) is 19.2 Å². The number of furan rings is 1. The molecule has 180 valence electrons. The maximum atomic E-state index is 13.3. The van der Waals surface area contributed by atoms with Crippen LogP contribution in [0.2, 0.25) is 0 Å². The third kappa shape index (κ3) is 4.40. The molecule has 1 saturated heterocycles. The molecular weight excluding hydrogens is 448 g/mol. The Balaban J connectivity index is 1.66. The maximum absolute atomic E-state index is 13.3. The summed E-state index contributed by atoms with van der Waals surface area (Å²) in [7, 11) is 2.01. The summed E-state index contributed by atoms with van der Waals surface area (Å²) < 4.78 is 11.8. The molecule has 5 rings (SSSR count). The average Bonchev–Trinajstić information content (AvgIpc) is 3.38. The van der Waals surface area contributed by atoms with Gasteiger partial charge in [0.2, 0.25) is 5.91 Å². The fourth-order valence-corrected chi connectivity index (χ4v) is 4.60. The highest BCUT2D eigenvalue weighted by Gasteiger charge is 2.31. The molecule has 0 spiro atoms. The van der Waals surface area contributed by atoms with E-state index in [4.69, 9.17) is 8.83 Å². The lowest BCUT2D eigenvalue weighted by atomic mass is 9.89. The van der Waals surface area contributed by atoms with Crippen molar-refractivity contribution in [3.05, 3.63) is 82.4 Å². The van der Waals surface area contributed by atoms with Gasteiger partial charge in [0, 0.05) is 55.9 Å². The first-order chi connectivity index (χ1) is 16.9. The molecule has 2 aromatic carbocycles. The minimum atomic E-state index is -0.727. The third-order valence-electron chi connectivity index (χ3n) is 6.53. The normalized spacial score (nSPS) is 15.4. The van der Waals surface area contributed by atoms with Gasteiger partial charge in [-0.15, -0.1) is 0 Å². The van der Waals surface area contributed by atoms with Crippen molar-refractivity contribution < 1.29 is 23.8 Å². The van der Waals surface area contributed by atoms with Gasteiger partial charge in [-0.1, -0.05) is 30.3 Å². The lowest BCUT2D eigenvalue weighted by molar-refractivity contribution is -0.133. The highest BCUT2D eigenvalue weighted by atomic mass is 16.3. The number of amides is 1. The van der Waals surface area contributed by atoms with Crippen LogP contribution in [-0.4, -0.2) is 59.1 Å². The van der Waals surface area contributed by atoms with E-state index in [-0.39, 0.29) is 40.4 Å². The van der Waals surface area contributed by atoms with E-state index in [9.17, 15) is 19.8 Å². The van der Waals surface area contributed by atoms with Gasteiger partial charge in [-0.05, 0) is 19.2 Å². The lowest BCUT2D eigenvalue weighted by Crippen LogP contribution is -2.47. The highest BCUT2D eigenvalue weighted by molar-refractivity contribution is 5.91. The Morgan fingerprint density at radius 1 is 1.00 bits per heavy atom. The van der Waals surface area contributed by atoms with Crippen LogP contribution < -0.4 is 5.43 Å². The molecule has 1 aliphatic rings.